The fourth-order valence-corrected chi connectivity index (χ4v) is 2.48. The van der Waals surface area contributed by atoms with Gasteiger partial charge >= 0.3 is 6.09 Å². The second-order valence-electron chi connectivity index (χ2n) is 5.13. The number of hydrogen-bond acceptors (Lipinski definition) is 4. The molecule has 0 unspecified atom stereocenters. The highest BCUT2D eigenvalue weighted by Crippen LogP contribution is 2.13. The lowest BCUT2D eigenvalue weighted by molar-refractivity contribution is 0.0799. The first-order valence-electron chi connectivity index (χ1n) is 7.50. The molecule has 1 heterocycles. The number of carbonyl (C=O) groups excluding carboxylic acids is 1. The topological polar surface area (TPSA) is 42.0 Å². The Labute approximate surface area is 126 Å². The average molecular weight is 292 g/mol. The van der Waals surface area contributed by atoms with Gasteiger partial charge in [-0.15, -0.1) is 0 Å². The molecule has 1 aliphatic heterocycles. The summed E-state index contributed by atoms with van der Waals surface area (Å²) in [6, 6.07) is 8.18. The van der Waals surface area contributed by atoms with Crippen LogP contribution in [0.15, 0.2) is 24.3 Å². The molecule has 0 spiro atoms. The quantitative estimate of drug-likeness (QED) is 0.832. The van der Waals surface area contributed by atoms with Gasteiger partial charge in [0.15, 0.2) is 0 Å². The van der Waals surface area contributed by atoms with E-state index >= 15 is 0 Å². The molecule has 1 aromatic rings. The number of rotatable bonds is 5. The zero-order chi connectivity index (χ0) is 15.1. The molecule has 1 saturated heterocycles. The van der Waals surface area contributed by atoms with E-state index in [0.29, 0.717) is 6.61 Å². The number of amides is 1. The Hall–Kier alpha value is -1.75. The number of ether oxygens (including phenoxy) is 2. The summed E-state index contributed by atoms with van der Waals surface area (Å²) in [7, 11) is 1.69. The third-order valence-electron chi connectivity index (χ3n) is 3.75. The van der Waals surface area contributed by atoms with Crippen LogP contribution in [0.25, 0.3) is 0 Å². The van der Waals surface area contributed by atoms with Crippen LogP contribution in [0.4, 0.5) is 4.79 Å². The first-order valence-corrected chi connectivity index (χ1v) is 7.50. The van der Waals surface area contributed by atoms with Crippen molar-refractivity contribution >= 4 is 6.09 Å². The van der Waals surface area contributed by atoms with Crippen LogP contribution >= 0.6 is 0 Å². The highest BCUT2D eigenvalue weighted by atomic mass is 16.6. The lowest BCUT2D eigenvalue weighted by Gasteiger charge is -2.34. The highest BCUT2D eigenvalue weighted by Gasteiger charge is 2.21. The van der Waals surface area contributed by atoms with Gasteiger partial charge in [0.1, 0.15) is 5.75 Å². The third kappa shape index (κ3) is 4.63. The minimum Gasteiger partial charge on any atom is -0.497 e. The lowest BCUT2D eigenvalue weighted by atomic mass is 10.1. The molecule has 0 radical (unpaired) electrons. The first-order chi connectivity index (χ1) is 10.2. The summed E-state index contributed by atoms with van der Waals surface area (Å²) < 4.78 is 10.3. The highest BCUT2D eigenvalue weighted by molar-refractivity contribution is 5.67. The van der Waals surface area contributed by atoms with Crippen molar-refractivity contribution in [2.45, 2.75) is 13.3 Å². The van der Waals surface area contributed by atoms with Crippen LogP contribution in [-0.4, -0.2) is 62.3 Å². The van der Waals surface area contributed by atoms with Gasteiger partial charge in [0.25, 0.3) is 0 Å². The Morgan fingerprint density at radius 3 is 2.67 bits per heavy atom. The Morgan fingerprint density at radius 2 is 2.00 bits per heavy atom. The number of benzene rings is 1. The van der Waals surface area contributed by atoms with Crippen molar-refractivity contribution in [3.63, 3.8) is 0 Å². The molecule has 1 aliphatic rings. The van der Waals surface area contributed by atoms with Crippen LogP contribution in [0, 0.1) is 0 Å². The van der Waals surface area contributed by atoms with E-state index in [-0.39, 0.29) is 6.09 Å². The summed E-state index contributed by atoms with van der Waals surface area (Å²) in [4.78, 5) is 15.8. The van der Waals surface area contributed by atoms with E-state index < -0.39 is 0 Å². The molecule has 1 amide bonds. The van der Waals surface area contributed by atoms with Gasteiger partial charge in [-0.1, -0.05) is 12.1 Å². The van der Waals surface area contributed by atoms with E-state index in [9.17, 15) is 4.79 Å². The standard InChI is InChI=1S/C16H24N2O3/c1-3-21-16(19)18-11-9-17(10-12-18)8-7-14-5-4-6-15(13-14)20-2/h4-6,13H,3,7-12H2,1-2H3. The molecule has 0 N–H and O–H groups in total. The summed E-state index contributed by atoms with van der Waals surface area (Å²) in [5.74, 6) is 0.902. The van der Waals surface area contributed by atoms with Gasteiger partial charge in [-0.3, -0.25) is 4.90 Å². The lowest BCUT2D eigenvalue weighted by Crippen LogP contribution is -2.49. The van der Waals surface area contributed by atoms with E-state index in [1.165, 1.54) is 5.56 Å². The van der Waals surface area contributed by atoms with Crippen LogP contribution < -0.4 is 4.74 Å². The van der Waals surface area contributed by atoms with Crippen LogP contribution in [-0.2, 0) is 11.2 Å². The van der Waals surface area contributed by atoms with Crippen LogP contribution in [0.5, 0.6) is 5.75 Å². The van der Waals surface area contributed by atoms with Gasteiger partial charge in [0.05, 0.1) is 13.7 Å². The summed E-state index contributed by atoms with van der Waals surface area (Å²) >= 11 is 0. The number of methoxy groups -OCH3 is 1. The summed E-state index contributed by atoms with van der Waals surface area (Å²) in [5, 5.41) is 0. The molecule has 0 aromatic heterocycles. The van der Waals surface area contributed by atoms with Crippen molar-refractivity contribution in [2.24, 2.45) is 0 Å². The third-order valence-corrected chi connectivity index (χ3v) is 3.75. The Balaban J connectivity index is 1.74. The van der Waals surface area contributed by atoms with Crippen molar-refractivity contribution in [3.05, 3.63) is 29.8 Å². The van der Waals surface area contributed by atoms with Gasteiger partial charge in [0, 0.05) is 32.7 Å². The maximum atomic E-state index is 11.6. The number of carbonyl (C=O) groups is 1. The van der Waals surface area contributed by atoms with Crippen LogP contribution in [0.3, 0.4) is 0 Å². The molecule has 116 valence electrons. The zero-order valence-electron chi connectivity index (χ0n) is 12.9. The van der Waals surface area contributed by atoms with Gasteiger partial charge < -0.3 is 14.4 Å². The van der Waals surface area contributed by atoms with Crippen molar-refractivity contribution in [1.29, 1.82) is 0 Å². The fraction of sp³-hybridized carbons (Fsp3) is 0.562. The van der Waals surface area contributed by atoms with Gasteiger partial charge in [-0.2, -0.15) is 0 Å². The number of piperazine rings is 1. The number of nitrogens with zero attached hydrogens (tertiary/aromatic N) is 2. The SMILES string of the molecule is CCOC(=O)N1CCN(CCc2cccc(OC)c2)CC1. The summed E-state index contributed by atoms with van der Waals surface area (Å²) in [6.45, 7) is 6.58. The Morgan fingerprint density at radius 1 is 1.24 bits per heavy atom. The van der Waals surface area contributed by atoms with Crippen molar-refractivity contribution in [1.82, 2.24) is 9.80 Å². The first kappa shape index (κ1) is 15.6. The van der Waals surface area contributed by atoms with E-state index in [0.717, 1.165) is 44.9 Å². The molecule has 1 aromatic carbocycles. The molecular weight excluding hydrogens is 268 g/mol. The molecule has 21 heavy (non-hydrogen) atoms. The van der Waals surface area contributed by atoms with Crippen molar-refractivity contribution in [3.8, 4) is 5.75 Å². The minimum atomic E-state index is -0.190. The summed E-state index contributed by atoms with van der Waals surface area (Å²) in [6.07, 6.45) is 0.807. The smallest absolute Gasteiger partial charge is 0.409 e. The predicted octanol–water partition coefficient (Wildman–Crippen LogP) is 2.01. The fourth-order valence-electron chi connectivity index (χ4n) is 2.48. The predicted molar refractivity (Wildman–Crippen MR) is 81.7 cm³/mol. The Kier molecular flexibility index (Phi) is 5.87. The second-order valence-corrected chi connectivity index (χ2v) is 5.13. The molecule has 0 aliphatic carbocycles. The maximum Gasteiger partial charge on any atom is 0.409 e. The number of hydrogen-bond donors (Lipinski definition) is 0. The molecular formula is C16H24N2O3. The van der Waals surface area contributed by atoms with Gasteiger partial charge in [0.2, 0.25) is 0 Å². The van der Waals surface area contributed by atoms with Crippen molar-refractivity contribution in [2.75, 3.05) is 46.4 Å². The zero-order valence-corrected chi connectivity index (χ0v) is 12.9. The monoisotopic (exact) mass is 292 g/mol. The minimum absolute atomic E-state index is 0.190. The normalized spacial score (nSPS) is 15.8. The van der Waals surface area contributed by atoms with E-state index in [2.05, 4.69) is 17.0 Å². The second kappa shape index (κ2) is 7.88. The Bertz CT molecular complexity index is 457. The largest absolute Gasteiger partial charge is 0.497 e. The molecule has 0 saturated carbocycles. The molecule has 0 bridgehead atoms. The molecule has 1 fully saturated rings. The van der Waals surface area contributed by atoms with Crippen LogP contribution in [0.2, 0.25) is 0 Å². The van der Waals surface area contributed by atoms with E-state index in [4.69, 9.17) is 9.47 Å². The average Bonchev–Trinajstić information content (AvgIpc) is 2.54. The molecule has 5 heteroatoms. The van der Waals surface area contributed by atoms with Crippen molar-refractivity contribution < 1.29 is 14.3 Å². The maximum absolute atomic E-state index is 11.6. The summed E-state index contributed by atoms with van der Waals surface area (Å²) in [5.41, 5.74) is 1.28. The van der Waals surface area contributed by atoms with Crippen LogP contribution in [0.1, 0.15) is 12.5 Å². The van der Waals surface area contributed by atoms with Gasteiger partial charge in [-0.05, 0) is 31.0 Å². The van der Waals surface area contributed by atoms with E-state index in [1.807, 2.05) is 19.1 Å². The molecule has 0 atom stereocenters. The molecule has 2 rings (SSSR count). The molecule has 5 nitrogen and oxygen atoms in total. The van der Waals surface area contributed by atoms with E-state index in [1.54, 1.807) is 12.0 Å². The van der Waals surface area contributed by atoms with Gasteiger partial charge in [-0.25, -0.2) is 4.79 Å².